The number of ether oxygens (including phenoxy) is 1. The van der Waals surface area contributed by atoms with Gasteiger partial charge in [0.2, 0.25) is 0 Å². The van der Waals surface area contributed by atoms with Gasteiger partial charge in [-0.05, 0) is 23.8 Å². The Morgan fingerprint density at radius 3 is 2.68 bits per heavy atom. The van der Waals surface area contributed by atoms with E-state index in [-0.39, 0.29) is 17.8 Å². The van der Waals surface area contributed by atoms with Crippen molar-refractivity contribution in [3.05, 3.63) is 64.7 Å². The summed E-state index contributed by atoms with van der Waals surface area (Å²) in [5, 5.41) is 0.692. The molecule has 2 aliphatic rings. The third-order valence-corrected chi connectivity index (χ3v) is 4.76. The highest BCUT2D eigenvalue weighted by Gasteiger charge is 2.44. The van der Waals surface area contributed by atoms with E-state index in [9.17, 15) is 4.79 Å². The zero-order chi connectivity index (χ0) is 15.1. The van der Waals surface area contributed by atoms with Gasteiger partial charge in [-0.3, -0.25) is 9.69 Å². The monoisotopic (exact) mass is 313 g/mol. The van der Waals surface area contributed by atoms with Crippen LogP contribution in [0.5, 0.6) is 5.75 Å². The Morgan fingerprint density at radius 1 is 1.09 bits per heavy atom. The number of nitrogens with zero attached hydrogens (tertiary/aromatic N) is 1. The molecule has 3 nitrogen and oxygen atoms in total. The van der Waals surface area contributed by atoms with E-state index in [1.807, 2.05) is 24.3 Å². The van der Waals surface area contributed by atoms with Crippen LogP contribution >= 0.6 is 11.6 Å². The standard InChI is InChI=1S/C18H16ClNO2/c19-13-6-7-17-14(8-13)15-10-20(11-16(15)18(21)22-17)9-12-4-2-1-3-5-12/h1-8,15-16H,9-11H2. The molecule has 0 aromatic heterocycles. The summed E-state index contributed by atoms with van der Waals surface area (Å²) in [5.41, 5.74) is 2.33. The van der Waals surface area contributed by atoms with Crippen LogP contribution < -0.4 is 4.74 Å². The molecule has 2 atom stereocenters. The molecule has 2 aromatic rings. The van der Waals surface area contributed by atoms with Gasteiger partial charge in [-0.1, -0.05) is 41.9 Å². The number of esters is 1. The molecule has 112 valence electrons. The normalized spacial score (nSPS) is 23.8. The van der Waals surface area contributed by atoms with Gasteiger partial charge in [0.1, 0.15) is 5.75 Å². The van der Waals surface area contributed by atoms with E-state index >= 15 is 0 Å². The molecule has 4 heteroatoms. The average molecular weight is 314 g/mol. The highest BCUT2D eigenvalue weighted by atomic mass is 35.5. The molecule has 0 spiro atoms. The van der Waals surface area contributed by atoms with Crippen LogP contribution in [-0.2, 0) is 11.3 Å². The number of rotatable bonds is 2. The first-order valence-corrected chi connectivity index (χ1v) is 7.86. The number of hydrogen-bond acceptors (Lipinski definition) is 3. The first kappa shape index (κ1) is 13.8. The predicted molar refractivity (Wildman–Crippen MR) is 85.0 cm³/mol. The number of carbonyl (C=O) groups excluding carboxylic acids is 1. The maximum absolute atomic E-state index is 12.2. The van der Waals surface area contributed by atoms with E-state index in [1.54, 1.807) is 12.1 Å². The third kappa shape index (κ3) is 2.40. The van der Waals surface area contributed by atoms with Gasteiger partial charge in [0, 0.05) is 36.1 Å². The molecule has 2 unspecified atom stereocenters. The summed E-state index contributed by atoms with van der Waals surface area (Å²) < 4.78 is 5.48. The second kappa shape index (κ2) is 5.41. The van der Waals surface area contributed by atoms with Crippen molar-refractivity contribution < 1.29 is 9.53 Å². The number of carbonyl (C=O) groups is 1. The first-order valence-electron chi connectivity index (χ1n) is 7.48. The molecule has 2 heterocycles. The maximum atomic E-state index is 12.2. The van der Waals surface area contributed by atoms with Crippen LogP contribution in [0, 0.1) is 5.92 Å². The Labute approximate surface area is 134 Å². The topological polar surface area (TPSA) is 29.5 Å². The molecule has 1 saturated heterocycles. The van der Waals surface area contributed by atoms with Crippen molar-refractivity contribution in [3.63, 3.8) is 0 Å². The largest absolute Gasteiger partial charge is 0.426 e. The summed E-state index contributed by atoms with van der Waals surface area (Å²) in [6.45, 7) is 2.46. The van der Waals surface area contributed by atoms with Crippen LogP contribution in [-0.4, -0.2) is 24.0 Å². The fraction of sp³-hybridized carbons (Fsp3) is 0.278. The minimum absolute atomic E-state index is 0.0883. The Kier molecular flexibility index (Phi) is 3.40. The van der Waals surface area contributed by atoms with Gasteiger partial charge >= 0.3 is 5.97 Å². The first-order chi connectivity index (χ1) is 10.7. The van der Waals surface area contributed by atoms with Crippen LogP contribution in [0.15, 0.2) is 48.5 Å². The zero-order valence-electron chi connectivity index (χ0n) is 12.0. The molecule has 2 aliphatic heterocycles. The summed E-state index contributed by atoms with van der Waals surface area (Å²) in [7, 11) is 0. The third-order valence-electron chi connectivity index (χ3n) is 4.53. The van der Waals surface area contributed by atoms with Gasteiger partial charge in [0.25, 0.3) is 0 Å². The number of likely N-dealkylation sites (tertiary alicyclic amines) is 1. The fourth-order valence-electron chi connectivity index (χ4n) is 3.50. The lowest BCUT2D eigenvalue weighted by Crippen LogP contribution is -2.31. The molecule has 0 aliphatic carbocycles. The predicted octanol–water partition coefficient (Wildman–Crippen LogP) is 3.47. The summed E-state index contributed by atoms with van der Waals surface area (Å²) in [6, 6.07) is 15.8. The summed E-state index contributed by atoms with van der Waals surface area (Å²) in [6.07, 6.45) is 0. The van der Waals surface area contributed by atoms with Crippen molar-refractivity contribution in [1.82, 2.24) is 4.90 Å². The summed E-state index contributed by atoms with van der Waals surface area (Å²) in [4.78, 5) is 14.6. The molecule has 22 heavy (non-hydrogen) atoms. The van der Waals surface area contributed by atoms with E-state index in [2.05, 4.69) is 17.0 Å². The number of fused-ring (bicyclic) bond motifs is 3. The molecule has 0 N–H and O–H groups in total. The van der Waals surface area contributed by atoms with Crippen LogP contribution in [0.1, 0.15) is 17.0 Å². The minimum atomic E-state index is -0.115. The van der Waals surface area contributed by atoms with Crippen molar-refractivity contribution in [3.8, 4) is 5.75 Å². The molecular formula is C18H16ClNO2. The summed E-state index contributed by atoms with van der Waals surface area (Å²) in [5.74, 6) is 0.640. The molecule has 2 aromatic carbocycles. The Hall–Kier alpha value is -1.84. The van der Waals surface area contributed by atoms with E-state index < -0.39 is 0 Å². The number of halogens is 1. The van der Waals surface area contributed by atoms with Gasteiger partial charge in [0.05, 0.1) is 5.92 Å². The molecule has 1 fully saturated rings. The zero-order valence-corrected chi connectivity index (χ0v) is 12.8. The van der Waals surface area contributed by atoms with Gasteiger partial charge in [-0.25, -0.2) is 0 Å². The Bertz CT molecular complexity index is 716. The highest BCUT2D eigenvalue weighted by Crippen LogP contribution is 2.43. The van der Waals surface area contributed by atoms with E-state index in [1.165, 1.54) is 5.56 Å². The number of benzene rings is 2. The average Bonchev–Trinajstić information content (AvgIpc) is 2.94. The smallest absolute Gasteiger partial charge is 0.316 e. The quantitative estimate of drug-likeness (QED) is 0.628. The second-order valence-corrected chi connectivity index (χ2v) is 6.43. The SMILES string of the molecule is O=C1Oc2ccc(Cl)cc2C2CN(Cc3ccccc3)CC12. The molecular weight excluding hydrogens is 298 g/mol. The minimum Gasteiger partial charge on any atom is -0.426 e. The molecule has 4 rings (SSSR count). The van der Waals surface area contributed by atoms with Gasteiger partial charge in [0.15, 0.2) is 0 Å². The number of hydrogen-bond donors (Lipinski definition) is 0. The van der Waals surface area contributed by atoms with Crippen molar-refractivity contribution in [2.24, 2.45) is 5.92 Å². The molecule has 0 bridgehead atoms. The van der Waals surface area contributed by atoms with E-state index in [4.69, 9.17) is 16.3 Å². The van der Waals surface area contributed by atoms with Crippen LogP contribution in [0.4, 0.5) is 0 Å². The van der Waals surface area contributed by atoms with Crippen molar-refractivity contribution >= 4 is 17.6 Å². The Balaban J connectivity index is 1.60. The van der Waals surface area contributed by atoms with E-state index in [0.29, 0.717) is 10.8 Å². The molecule has 0 saturated carbocycles. The van der Waals surface area contributed by atoms with Crippen molar-refractivity contribution in [2.45, 2.75) is 12.5 Å². The lowest BCUT2D eigenvalue weighted by Gasteiger charge is -2.25. The van der Waals surface area contributed by atoms with Gasteiger partial charge in [-0.2, -0.15) is 0 Å². The lowest BCUT2D eigenvalue weighted by atomic mass is 9.86. The van der Waals surface area contributed by atoms with Crippen molar-refractivity contribution in [1.29, 1.82) is 0 Å². The van der Waals surface area contributed by atoms with Gasteiger partial charge < -0.3 is 4.74 Å². The molecule has 0 amide bonds. The van der Waals surface area contributed by atoms with Crippen LogP contribution in [0.2, 0.25) is 5.02 Å². The van der Waals surface area contributed by atoms with Crippen LogP contribution in [0.25, 0.3) is 0 Å². The Morgan fingerprint density at radius 2 is 1.86 bits per heavy atom. The highest BCUT2D eigenvalue weighted by molar-refractivity contribution is 6.30. The van der Waals surface area contributed by atoms with Crippen LogP contribution in [0.3, 0.4) is 0 Å². The van der Waals surface area contributed by atoms with E-state index in [0.717, 1.165) is 25.2 Å². The molecule has 0 radical (unpaired) electrons. The second-order valence-electron chi connectivity index (χ2n) is 6.00. The summed E-state index contributed by atoms with van der Waals surface area (Å²) >= 11 is 6.12. The van der Waals surface area contributed by atoms with Crippen molar-refractivity contribution in [2.75, 3.05) is 13.1 Å². The lowest BCUT2D eigenvalue weighted by molar-refractivity contribution is -0.140. The fourth-order valence-corrected chi connectivity index (χ4v) is 3.68. The van der Waals surface area contributed by atoms with Gasteiger partial charge in [-0.15, -0.1) is 0 Å². The maximum Gasteiger partial charge on any atom is 0.316 e.